The Balaban J connectivity index is 2.20. The Hall–Kier alpha value is -0.690. The van der Waals surface area contributed by atoms with Crippen LogP contribution in [0.3, 0.4) is 0 Å². The fraction of sp³-hybridized carbons (Fsp3) is 0.545. The standard InChI is InChI=1S/C11H16ClN3O2S/c1-2-14-6-8-15(9-7-14)18(16,17)10-4-3-5-13-11(10)12/h3-5H,2,6-9H2,1H3. The van der Waals surface area contributed by atoms with E-state index >= 15 is 0 Å². The highest BCUT2D eigenvalue weighted by molar-refractivity contribution is 7.89. The lowest BCUT2D eigenvalue weighted by Crippen LogP contribution is -2.48. The van der Waals surface area contributed by atoms with Gasteiger partial charge in [-0.15, -0.1) is 0 Å². The zero-order chi connectivity index (χ0) is 13.2. The molecule has 1 aliphatic heterocycles. The molecule has 1 aromatic rings. The van der Waals surface area contributed by atoms with Crippen LogP contribution in [0.25, 0.3) is 0 Å². The summed E-state index contributed by atoms with van der Waals surface area (Å²) in [7, 11) is -3.51. The normalized spacial score (nSPS) is 19.0. The van der Waals surface area contributed by atoms with Crippen LogP contribution in [0.1, 0.15) is 6.92 Å². The van der Waals surface area contributed by atoms with Gasteiger partial charge in [-0.2, -0.15) is 4.31 Å². The van der Waals surface area contributed by atoms with Gasteiger partial charge in [-0.3, -0.25) is 0 Å². The first-order valence-corrected chi connectivity index (χ1v) is 7.70. The number of nitrogens with zero attached hydrogens (tertiary/aromatic N) is 3. The Bertz CT molecular complexity index is 513. The molecule has 2 rings (SSSR count). The molecule has 0 spiro atoms. The Morgan fingerprint density at radius 2 is 2.00 bits per heavy atom. The minimum absolute atomic E-state index is 0.0374. The van der Waals surface area contributed by atoms with Crippen molar-refractivity contribution in [2.45, 2.75) is 11.8 Å². The highest BCUT2D eigenvalue weighted by Gasteiger charge is 2.29. The number of piperazine rings is 1. The van der Waals surface area contributed by atoms with Crippen molar-refractivity contribution in [1.29, 1.82) is 0 Å². The number of pyridine rings is 1. The molecule has 0 atom stereocenters. The van der Waals surface area contributed by atoms with Crippen molar-refractivity contribution in [3.05, 3.63) is 23.5 Å². The average molecular weight is 290 g/mol. The van der Waals surface area contributed by atoms with Crippen LogP contribution in [0.2, 0.25) is 5.15 Å². The van der Waals surface area contributed by atoms with Gasteiger partial charge in [0, 0.05) is 32.4 Å². The number of aromatic nitrogens is 1. The van der Waals surface area contributed by atoms with Crippen molar-refractivity contribution >= 4 is 21.6 Å². The maximum absolute atomic E-state index is 12.4. The van der Waals surface area contributed by atoms with E-state index in [0.29, 0.717) is 13.1 Å². The summed E-state index contributed by atoms with van der Waals surface area (Å²) in [5.74, 6) is 0. The SMILES string of the molecule is CCN1CCN(S(=O)(=O)c2cccnc2Cl)CC1. The molecule has 1 aromatic heterocycles. The molecule has 7 heteroatoms. The van der Waals surface area contributed by atoms with Gasteiger partial charge in [0.25, 0.3) is 0 Å². The first-order valence-electron chi connectivity index (χ1n) is 5.88. The predicted octanol–water partition coefficient (Wildman–Crippen LogP) is 1.06. The third-order valence-corrected chi connectivity index (χ3v) is 5.46. The molecule has 0 unspecified atom stereocenters. The Kier molecular flexibility index (Phi) is 4.21. The summed E-state index contributed by atoms with van der Waals surface area (Å²) in [6.07, 6.45) is 1.48. The highest BCUT2D eigenvalue weighted by atomic mass is 35.5. The predicted molar refractivity (Wildman–Crippen MR) is 70.1 cm³/mol. The van der Waals surface area contributed by atoms with Gasteiger partial charge in [-0.1, -0.05) is 18.5 Å². The van der Waals surface area contributed by atoms with Gasteiger partial charge in [-0.05, 0) is 18.7 Å². The van der Waals surface area contributed by atoms with Gasteiger partial charge < -0.3 is 4.90 Å². The third kappa shape index (κ3) is 2.66. The van der Waals surface area contributed by atoms with E-state index in [0.717, 1.165) is 19.6 Å². The molecule has 1 aliphatic rings. The van der Waals surface area contributed by atoms with Crippen LogP contribution in [0.5, 0.6) is 0 Å². The van der Waals surface area contributed by atoms with Crippen molar-refractivity contribution in [3.63, 3.8) is 0 Å². The number of sulfonamides is 1. The lowest BCUT2D eigenvalue weighted by atomic mass is 10.4. The van der Waals surface area contributed by atoms with E-state index in [9.17, 15) is 8.42 Å². The quantitative estimate of drug-likeness (QED) is 0.781. The second-order valence-electron chi connectivity index (χ2n) is 4.13. The molecule has 2 heterocycles. The maximum atomic E-state index is 12.4. The lowest BCUT2D eigenvalue weighted by molar-refractivity contribution is 0.196. The number of likely N-dealkylation sites (N-methyl/N-ethyl adjacent to an activating group) is 1. The zero-order valence-electron chi connectivity index (χ0n) is 10.2. The Labute approximate surface area is 112 Å². The largest absolute Gasteiger partial charge is 0.301 e. The first kappa shape index (κ1) is 13.7. The van der Waals surface area contributed by atoms with Crippen LogP contribution in [0, 0.1) is 0 Å². The summed E-state index contributed by atoms with van der Waals surface area (Å²) in [5.41, 5.74) is 0. The summed E-state index contributed by atoms with van der Waals surface area (Å²) in [4.78, 5) is 6.13. The van der Waals surface area contributed by atoms with Crippen LogP contribution >= 0.6 is 11.6 Å². The molecule has 0 aliphatic carbocycles. The number of hydrogen-bond donors (Lipinski definition) is 0. The van der Waals surface area contributed by atoms with Crippen LogP contribution in [-0.4, -0.2) is 55.3 Å². The van der Waals surface area contributed by atoms with Gasteiger partial charge >= 0.3 is 0 Å². The fourth-order valence-electron chi connectivity index (χ4n) is 1.99. The topological polar surface area (TPSA) is 53.5 Å². The van der Waals surface area contributed by atoms with Gasteiger partial charge in [0.15, 0.2) is 0 Å². The fourth-order valence-corrected chi connectivity index (χ4v) is 3.84. The summed E-state index contributed by atoms with van der Waals surface area (Å²) >= 11 is 5.86. The van der Waals surface area contributed by atoms with E-state index in [2.05, 4.69) is 16.8 Å². The molecule has 0 N–H and O–H groups in total. The molecule has 0 aromatic carbocycles. The minimum Gasteiger partial charge on any atom is -0.301 e. The van der Waals surface area contributed by atoms with E-state index in [-0.39, 0.29) is 10.0 Å². The molecule has 5 nitrogen and oxygen atoms in total. The van der Waals surface area contributed by atoms with Crippen molar-refractivity contribution in [2.75, 3.05) is 32.7 Å². The van der Waals surface area contributed by atoms with Gasteiger partial charge in [-0.25, -0.2) is 13.4 Å². The molecule has 18 heavy (non-hydrogen) atoms. The zero-order valence-corrected chi connectivity index (χ0v) is 11.8. The minimum atomic E-state index is -3.51. The molecular formula is C11H16ClN3O2S. The second kappa shape index (κ2) is 5.52. The maximum Gasteiger partial charge on any atom is 0.246 e. The molecular weight excluding hydrogens is 274 g/mol. The Morgan fingerprint density at radius 3 is 2.56 bits per heavy atom. The van der Waals surface area contributed by atoms with Crippen LogP contribution < -0.4 is 0 Å². The Morgan fingerprint density at radius 1 is 1.33 bits per heavy atom. The molecule has 0 bridgehead atoms. The first-order chi connectivity index (χ1) is 8.55. The van der Waals surface area contributed by atoms with Crippen molar-refractivity contribution in [2.24, 2.45) is 0 Å². The van der Waals surface area contributed by atoms with Crippen molar-refractivity contribution in [1.82, 2.24) is 14.2 Å². The molecule has 100 valence electrons. The summed E-state index contributed by atoms with van der Waals surface area (Å²) < 4.78 is 26.2. The van der Waals surface area contributed by atoms with Crippen molar-refractivity contribution in [3.8, 4) is 0 Å². The molecule has 0 amide bonds. The molecule has 0 radical (unpaired) electrons. The summed E-state index contributed by atoms with van der Waals surface area (Å²) in [5, 5.41) is 0.0374. The van der Waals surface area contributed by atoms with E-state index < -0.39 is 10.0 Å². The highest BCUT2D eigenvalue weighted by Crippen LogP contribution is 2.23. The van der Waals surface area contributed by atoms with Crippen molar-refractivity contribution < 1.29 is 8.42 Å². The van der Waals surface area contributed by atoms with E-state index in [4.69, 9.17) is 11.6 Å². The summed E-state index contributed by atoms with van der Waals surface area (Å²) in [6.45, 7) is 5.54. The third-order valence-electron chi connectivity index (χ3n) is 3.12. The van der Waals surface area contributed by atoms with E-state index in [1.54, 1.807) is 6.07 Å². The average Bonchev–Trinajstić information content (AvgIpc) is 2.39. The van der Waals surface area contributed by atoms with E-state index in [1.807, 2.05) is 0 Å². The van der Waals surface area contributed by atoms with Gasteiger partial charge in [0.2, 0.25) is 10.0 Å². The van der Waals surface area contributed by atoms with E-state index in [1.165, 1.54) is 16.6 Å². The number of rotatable bonds is 3. The van der Waals surface area contributed by atoms with Gasteiger partial charge in [0.1, 0.15) is 10.0 Å². The number of hydrogen-bond acceptors (Lipinski definition) is 4. The molecule has 1 saturated heterocycles. The number of halogens is 1. The van der Waals surface area contributed by atoms with Crippen LogP contribution in [0.4, 0.5) is 0 Å². The monoisotopic (exact) mass is 289 g/mol. The molecule has 0 saturated carbocycles. The molecule has 1 fully saturated rings. The summed E-state index contributed by atoms with van der Waals surface area (Å²) in [6, 6.07) is 3.08. The second-order valence-corrected chi connectivity index (χ2v) is 6.40. The lowest BCUT2D eigenvalue weighted by Gasteiger charge is -2.33. The van der Waals surface area contributed by atoms with Crippen LogP contribution in [-0.2, 0) is 10.0 Å². The smallest absolute Gasteiger partial charge is 0.246 e. The van der Waals surface area contributed by atoms with Gasteiger partial charge in [0.05, 0.1) is 0 Å². The van der Waals surface area contributed by atoms with Crippen LogP contribution in [0.15, 0.2) is 23.2 Å².